The smallest absolute Gasteiger partial charge is 0.272 e. The van der Waals surface area contributed by atoms with E-state index >= 15 is 0 Å². The molecule has 4 rings (SSSR count). The molecule has 3 aromatic rings. The number of pyridine rings is 1. The quantitative estimate of drug-likeness (QED) is 0.736. The minimum absolute atomic E-state index is 0.159. The first-order chi connectivity index (χ1) is 14.1. The number of nitrogens with zero attached hydrogens (tertiary/aromatic N) is 5. The highest BCUT2D eigenvalue weighted by Crippen LogP contribution is 2.19. The van der Waals surface area contributed by atoms with Gasteiger partial charge in [-0.25, -0.2) is 19.3 Å². The maximum absolute atomic E-state index is 13.9. The number of aryl methyl sites for hydroxylation is 1. The lowest BCUT2D eigenvalue weighted by molar-refractivity contribution is 0.0740. The van der Waals surface area contributed by atoms with Gasteiger partial charge in [-0.05, 0) is 37.3 Å². The predicted molar refractivity (Wildman–Crippen MR) is 109 cm³/mol. The fourth-order valence-corrected chi connectivity index (χ4v) is 3.26. The van der Waals surface area contributed by atoms with Gasteiger partial charge in [-0.2, -0.15) is 0 Å². The van der Waals surface area contributed by atoms with E-state index in [-0.39, 0.29) is 17.5 Å². The molecule has 8 heteroatoms. The third-order valence-electron chi connectivity index (χ3n) is 4.73. The monoisotopic (exact) mass is 392 g/mol. The van der Waals surface area contributed by atoms with Crippen LogP contribution in [0.4, 0.5) is 21.8 Å². The van der Waals surface area contributed by atoms with E-state index in [1.807, 2.05) is 18.2 Å². The van der Waals surface area contributed by atoms with E-state index in [0.29, 0.717) is 37.6 Å². The van der Waals surface area contributed by atoms with Crippen LogP contribution >= 0.6 is 0 Å². The molecule has 1 aliphatic heterocycles. The van der Waals surface area contributed by atoms with Crippen LogP contribution in [-0.2, 0) is 0 Å². The van der Waals surface area contributed by atoms with Gasteiger partial charge in [0.15, 0.2) is 0 Å². The summed E-state index contributed by atoms with van der Waals surface area (Å²) in [7, 11) is 0. The maximum Gasteiger partial charge on any atom is 0.272 e. The number of hydrogen-bond acceptors (Lipinski definition) is 6. The Labute approximate surface area is 168 Å². The molecule has 0 unspecified atom stereocenters. The zero-order valence-corrected chi connectivity index (χ0v) is 16.0. The number of carbonyl (C=O) groups is 1. The standard InChI is InChI=1S/C21H21FN6O/c1-15-14-18(26-21(24-15)25-17-7-3-2-6-16(17)22)20(29)28-12-10-27(11-13-28)19-8-4-5-9-23-19/h2-9,14H,10-13H2,1H3,(H,24,25,26). The molecule has 1 fully saturated rings. The van der Waals surface area contributed by atoms with Crippen LogP contribution in [0.1, 0.15) is 16.2 Å². The predicted octanol–water partition coefficient (Wildman–Crippen LogP) is 3.03. The van der Waals surface area contributed by atoms with Crippen LogP contribution < -0.4 is 10.2 Å². The average Bonchev–Trinajstić information content (AvgIpc) is 2.75. The van der Waals surface area contributed by atoms with Crippen molar-refractivity contribution in [2.24, 2.45) is 0 Å². The van der Waals surface area contributed by atoms with Crippen molar-refractivity contribution in [1.29, 1.82) is 0 Å². The maximum atomic E-state index is 13.9. The molecule has 0 saturated carbocycles. The number of benzene rings is 1. The summed E-state index contributed by atoms with van der Waals surface area (Å²) in [6, 6.07) is 13.7. The van der Waals surface area contributed by atoms with Gasteiger partial charge in [0.2, 0.25) is 5.95 Å². The Kier molecular flexibility index (Phi) is 5.33. The largest absolute Gasteiger partial charge is 0.353 e. The summed E-state index contributed by atoms with van der Waals surface area (Å²) in [5.74, 6) is 0.545. The van der Waals surface area contributed by atoms with Crippen LogP contribution in [0, 0.1) is 12.7 Å². The molecule has 7 nitrogen and oxygen atoms in total. The SMILES string of the molecule is Cc1cc(C(=O)N2CCN(c3ccccn3)CC2)nc(Nc2ccccc2F)n1. The number of piperazine rings is 1. The molecule has 29 heavy (non-hydrogen) atoms. The van der Waals surface area contributed by atoms with Crippen molar-refractivity contribution >= 4 is 23.4 Å². The Balaban J connectivity index is 1.46. The second-order valence-electron chi connectivity index (χ2n) is 6.79. The molecule has 0 aliphatic carbocycles. The molecular weight excluding hydrogens is 371 g/mol. The molecular formula is C21H21FN6O. The third kappa shape index (κ3) is 4.31. The van der Waals surface area contributed by atoms with Crippen molar-refractivity contribution in [2.45, 2.75) is 6.92 Å². The molecule has 0 radical (unpaired) electrons. The van der Waals surface area contributed by atoms with E-state index in [4.69, 9.17) is 0 Å². The highest BCUT2D eigenvalue weighted by molar-refractivity contribution is 5.93. The lowest BCUT2D eigenvalue weighted by atomic mass is 10.2. The highest BCUT2D eigenvalue weighted by atomic mass is 19.1. The number of nitrogens with one attached hydrogen (secondary N) is 1. The third-order valence-corrected chi connectivity index (χ3v) is 4.73. The van der Waals surface area contributed by atoms with Crippen molar-refractivity contribution < 1.29 is 9.18 Å². The molecule has 0 spiro atoms. The van der Waals surface area contributed by atoms with Gasteiger partial charge in [0.25, 0.3) is 5.91 Å². The van der Waals surface area contributed by atoms with E-state index in [9.17, 15) is 9.18 Å². The molecule has 0 bridgehead atoms. The second-order valence-corrected chi connectivity index (χ2v) is 6.79. The fraction of sp³-hybridized carbons (Fsp3) is 0.238. The van der Waals surface area contributed by atoms with Gasteiger partial charge in [0.1, 0.15) is 17.3 Å². The number of hydrogen-bond donors (Lipinski definition) is 1. The molecule has 3 heterocycles. The average molecular weight is 392 g/mol. The van der Waals surface area contributed by atoms with Gasteiger partial charge in [0, 0.05) is 38.1 Å². The van der Waals surface area contributed by atoms with Crippen molar-refractivity contribution in [1.82, 2.24) is 19.9 Å². The lowest BCUT2D eigenvalue weighted by Gasteiger charge is -2.35. The van der Waals surface area contributed by atoms with E-state index in [1.54, 1.807) is 42.3 Å². The number of aromatic nitrogens is 3. The Morgan fingerprint density at radius 3 is 2.52 bits per heavy atom. The van der Waals surface area contributed by atoms with Crippen LogP contribution in [0.5, 0.6) is 0 Å². The zero-order chi connectivity index (χ0) is 20.2. The Bertz CT molecular complexity index is 1010. The first-order valence-corrected chi connectivity index (χ1v) is 9.42. The van der Waals surface area contributed by atoms with E-state index in [2.05, 4.69) is 25.2 Å². The summed E-state index contributed by atoms with van der Waals surface area (Å²) < 4.78 is 13.9. The number of para-hydroxylation sites is 1. The van der Waals surface area contributed by atoms with E-state index in [1.165, 1.54) is 6.07 Å². The molecule has 1 amide bonds. The van der Waals surface area contributed by atoms with Gasteiger partial charge < -0.3 is 15.1 Å². The van der Waals surface area contributed by atoms with Crippen LogP contribution in [0.15, 0.2) is 54.7 Å². The molecule has 1 saturated heterocycles. The fourth-order valence-electron chi connectivity index (χ4n) is 3.26. The molecule has 2 aromatic heterocycles. The minimum atomic E-state index is -0.406. The second kappa shape index (κ2) is 8.22. The van der Waals surface area contributed by atoms with Gasteiger partial charge in [-0.1, -0.05) is 18.2 Å². The summed E-state index contributed by atoms with van der Waals surface area (Å²) in [5, 5.41) is 2.86. The highest BCUT2D eigenvalue weighted by Gasteiger charge is 2.24. The summed E-state index contributed by atoms with van der Waals surface area (Å²) in [4.78, 5) is 29.8. The number of halogens is 1. The van der Waals surface area contributed by atoms with Crippen LogP contribution in [0.25, 0.3) is 0 Å². The zero-order valence-electron chi connectivity index (χ0n) is 16.0. The van der Waals surface area contributed by atoms with Crippen molar-refractivity contribution in [2.75, 3.05) is 36.4 Å². The number of amides is 1. The topological polar surface area (TPSA) is 74.2 Å². The van der Waals surface area contributed by atoms with Gasteiger partial charge in [-0.15, -0.1) is 0 Å². The van der Waals surface area contributed by atoms with Crippen LogP contribution in [0.2, 0.25) is 0 Å². The van der Waals surface area contributed by atoms with Crippen molar-refractivity contribution in [3.05, 3.63) is 71.9 Å². The van der Waals surface area contributed by atoms with Gasteiger partial charge >= 0.3 is 0 Å². The van der Waals surface area contributed by atoms with Gasteiger partial charge in [-0.3, -0.25) is 4.79 Å². The molecule has 148 valence electrons. The number of anilines is 3. The van der Waals surface area contributed by atoms with Crippen molar-refractivity contribution in [3.63, 3.8) is 0 Å². The molecule has 1 aliphatic rings. The molecule has 1 aromatic carbocycles. The number of rotatable bonds is 4. The minimum Gasteiger partial charge on any atom is -0.353 e. The number of carbonyl (C=O) groups excluding carboxylic acids is 1. The summed E-state index contributed by atoms with van der Waals surface area (Å²) in [6.45, 7) is 4.34. The Morgan fingerprint density at radius 1 is 1.03 bits per heavy atom. The lowest BCUT2D eigenvalue weighted by Crippen LogP contribution is -2.49. The van der Waals surface area contributed by atoms with Crippen LogP contribution in [-0.4, -0.2) is 51.9 Å². The van der Waals surface area contributed by atoms with Crippen LogP contribution in [0.3, 0.4) is 0 Å². The Hall–Kier alpha value is -3.55. The summed E-state index contributed by atoms with van der Waals surface area (Å²) >= 11 is 0. The summed E-state index contributed by atoms with van der Waals surface area (Å²) in [5.41, 5.74) is 1.19. The first-order valence-electron chi connectivity index (χ1n) is 9.42. The Morgan fingerprint density at radius 2 is 1.79 bits per heavy atom. The van der Waals surface area contributed by atoms with E-state index in [0.717, 1.165) is 5.82 Å². The van der Waals surface area contributed by atoms with E-state index < -0.39 is 5.82 Å². The normalized spacial score (nSPS) is 14.0. The molecule has 0 atom stereocenters. The first kappa shape index (κ1) is 18.8. The van der Waals surface area contributed by atoms with Gasteiger partial charge in [0.05, 0.1) is 5.69 Å². The summed E-state index contributed by atoms with van der Waals surface area (Å²) in [6.07, 6.45) is 1.76. The van der Waals surface area contributed by atoms with Crippen molar-refractivity contribution in [3.8, 4) is 0 Å². The molecule has 1 N–H and O–H groups in total.